The van der Waals surface area contributed by atoms with Crippen LogP contribution in [-0.4, -0.2) is 22.2 Å². The van der Waals surface area contributed by atoms with E-state index in [1.54, 1.807) is 18.2 Å². The third-order valence-electron chi connectivity index (χ3n) is 2.10. The minimum atomic E-state index is -1.16. The summed E-state index contributed by atoms with van der Waals surface area (Å²) in [4.78, 5) is 21.3. The van der Waals surface area contributed by atoms with E-state index in [1.165, 1.54) is 6.08 Å². The Morgan fingerprint density at radius 1 is 1.32 bits per heavy atom. The highest BCUT2D eigenvalue weighted by atomic mass is 79.9. The summed E-state index contributed by atoms with van der Waals surface area (Å²) in [6.45, 7) is 0. The van der Waals surface area contributed by atoms with E-state index >= 15 is 0 Å². The number of rotatable bonds is 7. The first-order valence-electron chi connectivity index (χ1n) is 5.42. The van der Waals surface area contributed by atoms with Gasteiger partial charge >= 0.3 is 11.9 Å². The normalized spacial score (nSPS) is 10.9. The third kappa shape index (κ3) is 5.91. The number of carboxylic acids is 2. The number of hydrogen-bond acceptors (Lipinski definition) is 4. The van der Waals surface area contributed by atoms with Crippen LogP contribution in [0, 0.1) is 0 Å². The number of carboxylic acid groups (broad SMARTS) is 2. The van der Waals surface area contributed by atoms with E-state index in [-0.39, 0.29) is 18.5 Å². The van der Waals surface area contributed by atoms with E-state index < -0.39 is 11.9 Å². The van der Waals surface area contributed by atoms with E-state index in [0.29, 0.717) is 5.69 Å². The lowest BCUT2D eigenvalue weighted by Crippen LogP contribution is -2.26. The minimum absolute atomic E-state index is 0.0961. The topological polar surface area (TPSA) is 98.7 Å². The van der Waals surface area contributed by atoms with Crippen LogP contribution in [0.2, 0.25) is 0 Å². The zero-order valence-corrected chi connectivity index (χ0v) is 11.5. The lowest BCUT2D eigenvalue weighted by Gasteiger charge is -2.10. The van der Waals surface area contributed by atoms with Crippen molar-refractivity contribution in [3.8, 4) is 0 Å². The average Bonchev–Trinajstić information content (AvgIpc) is 2.32. The number of nitrogens with one attached hydrogen (secondary N) is 2. The molecular formula is C12H13BrN2O4. The van der Waals surface area contributed by atoms with Gasteiger partial charge in [0.2, 0.25) is 0 Å². The SMILES string of the molecule is O=C(O)CCC=C(NNc1cccc(Br)c1)C(=O)O. The standard InChI is InChI=1S/C12H13BrN2O4/c13-8-3-1-4-9(7-8)14-15-10(12(18)19)5-2-6-11(16)17/h1,3-5,7,14-15H,2,6H2,(H,16,17)(H,18,19). The summed E-state index contributed by atoms with van der Waals surface area (Å²) in [6.07, 6.45) is 1.35. The molecule has 1 aromatic carbocycles. The van der Waals surface area contributed by atoms with Gasteiger partial charge in [-0.05, 0) is 24.6 Å². The molecule has 0 radical (unpaired) electrons. The summed E-state index contributed by atoms with van der Waals surface area (Å²) < 4.78 is 0.853. The largest absolute Gasteiger partial charge is 0.481 e. The van der Waals surface area contributed by atoms with Gasteiger partial charge in [-0.2, -0.15) is 0 Å². The molecule has 0 fully saturated rings. The molecule has 0 bridgehead atoms. The number of aliphatic carboxylic acids is 2. The van der Waals surface area contributed by atoms with Crippen LogP contribution in [0.3, 0.4) is 0 Å². The van der Waals surface area contributed by atoms with Crippen molar-refractivity contribution in [2.24, 2.45) is 0 Å². The van der Waals surface area contributed by atoms with Gasteiger partial charge in [0.15, 0.2) is 0 Å². The van der Waals surface area contributed by atoms with Crippen LogP contribution >= 0.6 is 15.9 Å². The summed E-state index contributed by atoms with van der Waals surface area (Å²) in [5, 5.41) is 17.4. The molecule has 0 atom stereocenters. The molecule has 19 heavy (non-hydrogen) atoms. The van der Waals surface area contributed by atoms with Gasteiger partial charge in [-0.25, -0.2) is 4.79 Å². The minimum Gasteiger partial charge on any atom is -0.481 e. The Hall–Kier alpha value is -2.02. The first-order chi connectivity index (χ1) is 8.99. The number of halogens is 1. The van der Waals surface area contributed by atoms with E-state index in [4.69, 9.17) is 10.2 Å². The van der Waals surface area contributed by atoms with Crippen molar-refractivity contribution in [1.82, 2.24) is 5.43 Å². The van der Waals surface area contributed by atoms with Gasteiger partial charge in [0.1, 0.15) is 5.70 Å². The van der Waals surface area contributed by atoms with Crippen LogP contribution in [0.1, 0.15) is 12.8 Å². The fourth-order valence-corrected chi connectivity index (χ4v) is 1.64. The lowest BCUT2D eigenvalue weighted by molar-refractivity contribution is -0.137. The summed E-state index contributed by atoms with van der Waals surface area (Å²) in [7, 11) is 0. The Morgan fingerprint density at radius 3 is 2.63 bits per heavy atom. The van der Waals surface area contributed by atoms with Gasteiger partial charge in [0, 0.05) is 10.9 Å². The van der Waals surface area contributed by atoms with Crippen LogP contribution in [0.15, 0.2) is 40.5 Å². The second kappa shape index (κ2) is 7.42. The molecule has 1 aromatic rings. The highest BCUT2D eigenvalue weighted by Gasteiger charge is 2.06. The highest BCUT2D eigenvalue weighted by molar-refractivity contribution is 9.10. The Morgan fingerprint density at radius 2 is 2.05 bits per heavy atom. The summed E-state index contributed by atoms with van der Waals surface area (Å²) in [5.74, 6) is -2.13. The maximum absolute atomic E-state index is 10.9. The van der Waals surface area contributed by atoms with E-state index in [0.717, 1.165) is 4.47 Å². The zero-order chi connectivity index (χ0) is 14.3. The highest BCUT2D eigenvalue weighted by Crippen LogP contribution is 2.15. The molecule has 0 aliphatic heterocycles. The molecule has 7 heteroatoms. The predicted octanol–water partition coefficient (Wildman–Crippen LogP) is 2.20. The maximum Gasteiger partial charge on any atom is 0.353 e. The van der Waals surface area contributed by atoms with Gasteiger partial charge in [-0.1, -0.05) is 28.1 Å². The monoisotopic (exact) mass is 328 g/mol. The molecule has 0 aromatic heterocycles. The lowest BCUT2D eigenvalue weighted by atomic mass is 10.2. The van der Waals surface area contributed by atoms with Gasteiger partial charge in [-0.3, -0.25) is 10.2 Å². The number of anilines is 1. The first kappa shape index (κ1) is 15.0. The molecule has 6 nitrogen and oxygen atoms in total. The van der Waals surface area contributed by atoms with Crippen molar-refractivity contribution >= 4 is 33.6 Å². The van der Waals surface area contributed by atoms with Gasteiger partial charge in [-0.15, -0.1) is 0 Å². The molecule has 0 aliphatic rings. The van der Waals surface area contributed by atoms with Crippen molar-refractivity contribution in [3.05, 3.63) is 40.5 Å². The first-order valence-corrected chi connectivity index (χ1v) is 6.21. The molecule has 0 heterocycles. The Bertz CT molecular complexity index is 502. The van der Waals surface area contributed by atoms with Gasteiger partial charge in [0.25, 0.3) is 0 Å². The molecule has 0 aliphatic carbocycles. The van der Waals surface area contributed by atoms with Gasteiger partial charge in [0.05, 0.1) is 5.69 Å². The quantitative estimate of drug-likeness (QED) is 0.452. The summed E-state index contributed by atoms with van der Waals surface area (Å²) in [5.41, 5.74) is 5.85. The van der Waals surface area contributed by atoms with E-state index in [1.807, 2.05) is 6.07 Å². The van der Waals surface area contributed by atoms with Crippen molar-refractivity contribution in [1.29, 1.82) is 0 Å². The third-order valence-corrected chi connectivity index (χ3v) is 2.60. The van der Waals surface area contributed by atoms with Crippen LogP contribution in [0.4, 0.5) is 5.69 Å². The molecule has 0 amide bonds. The second-order valence-electron chi connectivity index (χ2n) is 3.62. The van der Waals surface area contributed by atoms with Crippen molar-refractivity contribution in [2.75, 3.05) is 5.43 Å². The van der Waals surface area contributed by atoms with Gasteiger partial charge < -0.3 is 15.6 Å². The molecule has 0 unspecified atom stereocenters. The number of benzene rings is 1. The maximum atomic E-state index is 10.9. The fraction of sp³-hybridized carbons (Fsp3) is 0.167. The number of hydrazine groups is 1. The summed E-state index contributed by atoms with van der Waals surface area (Å²) in [6, 6.07) is 7.16. The Kier molecular flexibility index (Phi) is 5.87. The van der Waals surface area contributed by atoms with Crippen LogP contribution < -0.4 is 10.9 Å². The molecule has 102 valence electrons. The number of allylic oxidation sites excluding steroid dienone is 1. The van der Waals surface area contributed by atoms with E-state index in [9.17, 15) is 9.59 Å². The van der Waals surface area contributed by atoms with Crippen molar-refractivity contribution < 1.29 is 19.8 Å². The zero-order valence-electron chi connectivity index (χ0n) is 9.89. The van der Waals surface area contributed by atoms with Crippen molar-refractivity contribution in [2.45, 2.75) is 12.8 Å². The van der Waals surface area contributed by atoms with Crippen LogP contribution in [0.25, 0.3) is 0 Å². The molecule has 4 N–H and O–H groups in total. The van der Waals surface area contributed by atoms with E-state index in [2.05, 4.69) is 26.8 Å². The molecule has 0 spiro atoms. The fourth-order valence-electron chi connectivity index (χ4n) is 1.24. The van der Waals surface area contributed by atoms with Crippen LogP contribution in [0.5, 0.6) is 0 Å². The molecular weight excluding hydrogens is 316 g/mol. The molecule has 0 saturated carbocycles. The number of hydrogen-bond donors (Lipinski definition) is 4. The predicted molar refractivity (Wildman–Crippen MR) is 73.5 cm³/mol. The summed E-state index contributed by atoms with van der Waals surface area (Å²) >= 11 is 3.29. The molecule has 1 rings (SSSR count). The molecule has 0 saturated heterocycles. The second-order valence-corrected chi connectivity index (χ2v) is 4.53. The average molecular weight is 329 g/mol. The Labute approximate surface area is 118 Å². The Balaban J connectivity index is 2.59. The van der Waals surface area contributed by atoms with Crippen molar-refractivity contribution in [3.63, 3.8) is 0 Å². The number of carbonyl (C=O) groups is 2. The van der Waals surface area contributed by atoms with Crippen LogP contribution in [-0.2, 0) is 9.59 Å². The smallest absolute Gasteiger partial charge is 0.353 e.